The van der Waals surface area contributed by atoms with Crippen LogP contribution in [-0.4, -0.2) is 31.5 Å². The molecule has 0 N–H and O–H groups in total. The fourth-order valence-corrected chi connectivity index (χ4v) is 3.12. The smallest absolute Gasteiger partial charge is 0.360 e. The molecular weight excluding hydrogens is 360 g/mol. The van der Waals surface area contributed by atoms with Crippen molar-refractivity contribution in [1.29, 1.82) is 0 Å². The molecule has 2 aromatic rings. The van der Waals surface area contributed by atoms with Crippen LogP contribution in [-0.2, 0) is 0 Å². The first-order valence-electron chi connectivity index (χ1n) is 7.26. The van der Waals surface area contributed by atoms with Crippen LogP contribution >= 0.6 is 23.2 Å². The van der Waals surface area contributed by atoms with E-state index in [0.717, 1.165) is 0 Å². The minimum absolute atomic E-state index is 0.169. The lowest BCUT2D eigenvalue weighted by atomic mass is 10.00. The lowest BCUT2D eigenvalue weighted by molar-refractivity contribution is -0.119. The number of hydrogen-bond donors (Lipinski definition) is 0. The maximum atomic E-state index is 12.9. The Bertz CT molecular complexity index is 788. The Labute approximate surface area is 147 Å². The predicted octanol–water partition coefficient (Wildman–Crippen LogP) is 5.21. The number of benzene rings is 2. The third kappa shape index (κ3) is 3.68. The largest absolute Gasteiger partial charge is 0.405 e. The molecule has 0 saturated heterocycles. The molecule has 1 heterocycles. The van der Waals surface area contributed by atoms with E-state index in [9.17, 15) is 13.2 Å². The van der Waals surface area contributed by atoms with Gasteiger partial charge in [-0.1, -0.05) is 41.4 Å². The van der Waals surface area contributed by atoms with Gasteiger partial charge in [-0.15, -0.1) is 0 Å². The monoisotopic (exact) mass is 372 g/mol. The molecule has 0 atom stereocenters. The lowest BCUT2D eigenvalue weighted by Gasteiger charge is -2.26. The highest BCUT2D eigenvalue weighted by molar-refractivity contribution is 6.36. The third-order valence-electron chi connectivity index (χ3n) is 3.69. The minimum Gasteiger partial charge on any atom is -0.360 e. The molecule has 3 rings (SSSR count). The molecule has 2 aromatic carbocycles. The average Bonchev–Trinajstić information content (AvgIpc) is 2.66. The highest BCUT2D eigenvalue weighted by Gasteiger charge is 2.33. The van der Waals surface area contributed by atoms with Crippen LogP contribution in [0.2, 0.25) is 10.0 Å². The summed E-state index contributed by atoms with van der Waals surface area (Å²) >= 11 is 12.3. The first kappa shape index (κ1) is 17.1. The fraction of sp³-hybridized carbons (Fsp3) is 0.235. The van der Waals surface area contributed by atoms with E-state index >= 15 is 0 Å². The van der Waals surface area contributed by atoms with Crippen LogP contribution < -0.4 is 4.90 Å². The first-order valence-corrected chi connectivity index (χ1v) is 8.02. The number of fused-ring (bicyclic) bond motifs is 1. The van der Waals surface area contributed by atoms with Gasteiger partial charge in [-0.05, 0) is 24.3 Å². The average molecular weight is 373 g/mol. The summed E-state index contributed by atoms with van der Waals surface area (Å²) in [4.78, 5) is 5.76. The van der Waals surface area contributed by atoms with Gasteiger partial charge in [-0.2, -0.15) is 13.2 Å². The van der Waals surface area contributed by atoms with Crippen molar-refractivity contribution < 1.29 is 13.2 Å². The molecular formula is C17H13Cl2F3N2. The maximum Gasteiger partial charge on any atom is 0.405 e. The van der Waals surface area contributed by atoms with E-state index < -0.39 is 12.7 Å². The predicted molar refractivity (Wildman–Crippen MR) is 91.7 cm³/mol. The van der Waals surface area contributed by atoms with Crippen LogP contribution in [0.4, 0.5) is 18.9 Å². The fourth-order valence-electron chi connectivity index (χ4n) is 2.73. The molecule has 0 saturated carbocycles. The number of halogens is 5. The van der Waals surface area contributed by atoms with E-state index in [2.05, 4.69) is 4.99 Å². The van der Waals surface area contributed by atoms with Crippen LogP contribution in [0.1, 0.15) is 11.1 Å². The molecule has 2 nitrogen and oxygen atoms in total. The minimum atomic E-state index is -4.30. The van der Waals surface area contributed by atoms with Crippen molar-refractivity contribution in [2.45, 2.75) is 6.18 Å². The van der Waals surface area contributed by atoms with Crippen molar-refractivity contribution in [3.8, 4) is 0 Å². The van der Waals surface area contributed by atoms with E-state index in [1.54, 1.807) is 36.4 Å². The first-order chi connectivity index (χ1) is 11.3. The SMILES string of the molecule is FC(F)(F)CN1CCN=C(c2ccccc2Cl)c2cc(Cl)ccc21. The van der Waals surface area contributed by atoms with E-state index in [1.165, 1.54) is 4.90 Å². The highest BCUT2D eigenvalue weighted by Crippen LogP contribution is 2.32. The molecule has 0 aliphatic carbocycles. The molecule has 1 aliphatic rings. The zero-order chi connectivity index (χ0) is 17.3. The van der Waals surface area contributed by atoms with E-state index in [4.69, 9.17) is 23.2 Å². The molecule has 126 valence electrons. The van der Waals surface area contributed by atoms with Gasteiger partial charge in [0.25, 0.3) is 0 Å². The number of alkyl halides is 3. The number of hydrogen-bond acceptors (Lipinski definition) is 2. The third-order valence-corrected chi connectivity index (χ3v) is 4.26. The second-order valence-corrected chi connectivity index (χ2v) is 6.25. The van der Waals surface area contributed by atoms with Crippen molar-refractivity contribution in [3.63, 3.8) is 0 Å². The summed E-state index contributed by atoms with van der Waals surface area (Å²) in [5.41, 5.74) is 2.24. The van der Waals surface area contributed by atoms with E-state index in [-0.39, 0.29) is 13.1 Å². The topological polar surface area (TPSA) is 15.6 Å². The van der Waals surface area contributed by atoms with E-state index in [1.807, 2.05) is 6.07 Å². The molecule has 0 fully saturated rings. The molecule has 1 aliphatic heterocycles. The van der Waals surface area contributed by atoms with Gasteiger partial charge >= 0.3 is 6.18 Å². The number of benzodiazepines with no additional fused rings is 1. The quantitative estimate of drug-likeness (QED) is 0.706. The van der Waals surface area contributed by atoms with Gasteiger partial charge in [-0.3, -0.25) is 4.99 Å². The molecule has 0 radical (unpaired) electrons. The summed E-state index contributed by atoms with van der Waals surface area (Å²) in [6.07, 6.45) is -4.30. The van der Waals surface area contributed by atoms with Crippen LogP contribution in [0.3, 0.4) is 0 Å². The van der Waals surface area contributed by atoms with Crippen LogP contribution in [0.15, 0.2) is 47.5 Å². The van der Waals surface area contributed by atoms with E-state index in [0.29, 0.717) is 32.6 Å². The van der Waals surface area contributed by atoms with Gasteiger partial charge in [-0.25, -0.2) is 0 Å². The molecule has 0 bridgehead atoms. The Hall–Kier alpha value is -1.72. The number of anilines is 1. The molecule has 7 heteroatoms. The second kappa shape index (κ2) is 6.65. The Morgan fingerprint density at radius 3 is 2.50 bits per heavy atom. The summed E-state index contributed by atoms with van der Waals surface area (Å²) < 4.78 is 38.7. The van der Waals surface area contributed by atoms with Gasteiger partial charge in [0.2, 0.25) is 0 Å². The van der Waals surface area contributed by atoms with Gasteiger partial charge in [0.05, 0.1) is 12.3 Å². The Morgan fingerprint density at radius 1 is 1.04 bits per heavy atom. The van der Waals surface area contributed by atoms with Crippen LogP contribution in [0, 0.1) is 0 Å². The van der Waals surface area contributed by atoms with Crippen molar-refractivity contribution in [3.05, 3.63) is 63.6 Å². The molecule has 0 unspecified atom stereocenters. The van der Waals surface area contributed by atoms with Crippen molar-refractivity contribution in [1.82, 2.24) is 0 Å². The van der Waals surface area contributed by atoms with Gasteiger partial charge in [0.15, 0.2) is 0 Å². The normalized spacial score (nSPS) is 14.9. The number of aliphatic imine (C=N–C) groups is 1. The van der Waals surface area contributed by atoms with Gasteiger partial charge in [0.1, 0.15) is 6.54 Å². The van der Waals surface area contributed by atoms with Crippen molar-refractivity contribution in [2.24, 2.45) is 4.99 Å². The summed E-state index contributed by atoms with van der Waals surface area (Å²) in [5.74, 6) is 0. The molecule has 0 amide bonds. The Kier molecular flexibility index (Phi) is 4.74. The highest BCUT2D eigenvalue weighted by atomic mass is 35.5. The van der Waals surface area contributed by atoms with Crippen LogP contribution in [0.25, 0.3) is 0 Å². The molecule has 0 aromatic heterocycles. The van der Waals surface area contributed by atoms with Crippen molar-refractivity contribution in [2.75, 3.05) is 24.5 Å². The zero-order valence-corrected chi connectivity index (χ0v) is 14.0. The zero-order valence-electron chi connectivity index (χ0n) is 12.4. The maximum absolute atomic E-state index is 12.9. The summed E-state index contributed by atoms with van der Waals surface area (Å²) in [5, 5.41) is 0.925. The summed E-state index contributed by atoms with van der Waals surface area (Å²) in [6, 6.07) is 11.9. The second-order valence-electron chi connectivity index (χ2n) is 5.41. The summed E-state index contributed by atoms with van der Waals surface area (Å²) in [6.45, 7) is -0.627. The van der Waals surface area contributed by atoms with Crippen LogP contribution in [0.5, 0.6) is 0 Å². The lowest BCUT2D eigenvalue weighted by Crippen LogP contribution is -2.36. The van der Waals surface area contributed by atoms with Gasteiger partial charge in [0, 0.05) is 33.4 Å². The summed E-state index contributed by atoms with van der Waals surface area (Å²) in [7, 11) is 0. The van der Waals surface area contributed by atoms with Gasteiger partial charge < -0.3 is 4.90 Å². The standard InChI is InChI=1S/C17H13Cl2F3N2/c18-11-5-6-15-13(9-11)16(12-3-1-2-4-14(12)19)23-7-8-24(15)10-17(20,21)22/h1-6,9H,7-8,10H2. The number of rotatable bonds is 2. The Morgan fingerprint density at radius 2 is 1.79 bits per heavy atom. The Balaban J connectivity index is 2.12. The molecule has 24 heavy (non-hydrogen) atoms. The molecule has 0 spiro atoms. The number of nitrogens with zero attached hydrogens (tertiary/aromatic N) is 2. The van der Waals surface area contributed by atoms with Crippen molar-refractivity contribution >= 4 is 34.6 Å².